The van der Waals surface area contributed by atoms with E-state index in [-0.39, 0.29) is 31.4 Å². The molecular formula is C42H55N5O9S. The first-order valence-electron chi connectivity index (χ1n) is 20.7. The number of hydrogen-bond acceptors (Lipinski definition) is 10. The smallest absolute Gasteiger partial charge is 0.408 e. The molecule has 308 valence electrons. The number of methoxy groups -OCH3 is 1. The third-order valence-corrected chi connectivity index (χ3v) is 15.3. The molecule has 1 aromatic carbocycles. The van der Waals surface area contributed by atoms with Gasteiger partial charge in [0.25, 0.3) is 5.91 Å². The third-order valence-electron chi connectivity index (χ3n) is 13.2. The number of benzene rings is 1. The van der Waals surface area contributed by atoms with Crippen LogP contribution in [0.3, 0.4) is 0 Å². The minimum atomic E-state index is -3.99. The van der Waals surface area contributed by atoms with Crippen molar-refractivity contribution in [3.63, 3.8) is 0 Å². The van der Waals surface area contributed by atoms with Crippen LogP contribution in [0.2, 0.25) is 0 Å². The first-order chi connectivity index (χ1) is 27.2. The number of carbonyl (C=O) groups is 4. The zero-order chi connectivity index (χ0) is 40.3. The van der Waals surface area contributed by atoms with E-state index >= 15 is 0 Å². The fraction of sp³-hybridized carbons (Fsp3) is 0.643. The van der Waals surface area contributed by atoms with Crippen LogP contribution in [0.25, 0.3) is 10.9 Å². The van der Waals surface area contributed by atoms with Crippen LogP contribution in [-0.4, -0.2) is 89.8 Å². The molecule has 4 fully saturated rings. The normalized spacial score (nSPS) is 30.6. The molecule has 1 aromatic heterocycles. The van der Waals surface area contributed by atoms with Crippen LogP contribution >= 0.6 is 0 Å². The highest BCUT2D eigenvalue weighted by Crippen LogP contribution is 2.52. The largest absolute Gasteiger partial charge is 0.497 e. The van der Waals surface area contributed by atoms with Gasteiger partial charge >= 0.3 is 6.09 Å². The van der Waals surface area contributed by atoms with Crippen LogP contribution in [0.15, 0.2) is 30.4 Å². The first-order valence-corrected chi connectivity index (χ1v) is 22.2. The quantitative estimate of drug-likeness (QED) is 0.305. The lowest BCUT2D eigenvalue weighted by atomic mass is 9.86. The zero-order valence-electron chi connectivity index (χ0n) is 33.4. The summed E-state index contributed by atoms with van der Waals surface area (Å²) in [5.41, 5.74) is 0.279. The van der Waals surface area contributed by atoms with E-state index in [4.69, 9.17) is 19.2 Å². The maximum Gasteiger partial charge on any atom is 0.408 e. The molecule has 0 unspecified atom stereocenters. The maximum atomic E-state index is 14.8. The zero-order valence-corrected chi connectivity index (χ0v) is 34.2. The van der Waals surface area contributed by atoms with Crippen LogP contribution in [-0.2, 0) is 35.6 Å². The molecule has 0 radical (unpaired) electrons. The van der Waals surface area contributed by atoms with Gasteiger partial charge < -0.3 is 29.7 Å². The predicted octanol–water partition coefficient (Wildman–Crippen LogP) is 5.07. The number of nitrogens with zero attached hydrogens (tertiary/aromatic N) is 2. The lowest BCUT2D eigenvalue weighted by Gasteiger charge is -2.37. The molecule has 0 bridgehead atoms. The van der Waals surface area contributed by atoms with Crippen molar-refractivity contribution in [2.24, 2.45) is 5.92 Å². The van der Waals surface area contributed by atoms with Gasteiger partial charge in [-0.2, -0.15) is 0 Å². The van der Waals surface area contributed by atoms with Crippen molar-refractivity contribution in [3.8, 4) is 11.5 Å². The lowest BCUT2D eigenvalue weighted by Crippen LogP contribution is -2.58. The third kappa shape index (κ3) is 7.56. The molecule has 3 aliphatic heterocycles. The number of ether oxygens (including phenoxy) is 3. The van der Waals surface area contributed by atoms with E-state index < -0.39 is 67.7 Å². The van der Waals surface area contributed by atoms with Gasteiger partial charge in [0.1, 0.15) is 40.8 Å². The number of aromatic nitrogens is 1. The SMILES string of the molecule is CC[C@H](C)OC(=O)N[C@H]1CCCCC/C=C\[C@@H]2C[C@@]2(C(=O)NS(=O)(=O)C2(C)CC2)NC(=O)[C@@H]2C[C@]3(CCc4c(c(C5CC5)nc5ccc(OC)cc45)O3)CN2C1=O. The molecule has 4 amide bonds. The van der Waals surface area contributed by atoms with E-state index in [1.807, 2.05) is 37.3 Å². The first kappa shape index (κ1) is 39.4. The van der Waals surface area contributed by atoms with Gasteiger partial charge in [-0.25, -0.2) is 18.2 Å². The van der Waals surface area contributed by atoms with Crippen molar-refractivity contribution in [1.82, 2.24) is 25.2 Å². The Hall–Kier alpha value is -4.40. The summed E-state index contributed by atoms with van der Waals surface area (Å²) in [6.07, 6.45) is 11.0. The molecule has 3 saturated carbocycles. The van der Waals surface area contributed by atoms with Gasteiger partial charge in [0.05, 0.1) is 29.6 Å². The molecule has 4 heterocycles. The van der Waals surface area contributed by atoms with Crippen molar-refractivity contribution < 1.29 is 41.8 Å². The Labute approximate surface area is 334 Å². The Morgan fingerprint density at radius 1 is 1.11 bits per heavy atom. The van der Waals surface area contributed by atoms with E-state index in [1.165, 1.54) is 4.90 Å². The summed E-state index contributed by atoms with van der Waals surface area (Å²) in [6.45, 7) is 5.36. The van der Waals surface area contributed by atoms with Gasteiger partial charge in [-0.3, -0.25) is 19.1 Å². The van der Waals surface area contributed by atoms with Crippen LogP contribution < -0.4 is 24.8 Å². The molecule has 14 nitrogen and oxygen atoms in total. The van der Waals surface area contributed by atoms with Gasteiger partial charge in [0.15, 0.2) is 0 Å². The Morgan fingerprint density at radius 3 is 2.61 bits per heavy atom. The van der Waals surface area contributed by atoms with Gasteiger partial charge in [-0.15, -0.1) is 0 Å². The van der Waals surface area contributed by atoms with Crippen molar-refractivity contribution in [2.75, 3.05) is 13.7 Å². The topological polar surface area (TPSA) is 182 Å². The summed E-state index contributed by atoms with van der Waals surface area (Å²) in [4.78, 5) is 63.3. The fourth-order valence-corrected chi connectivity index (χ4v) is 10.0. The highest BCUT2D eigenvalue weighted by atomic mass is 32.2. The second kappa shape index (κ2) is 14.8. The Bertz CT molecular complexity index is 2120. The summed E-state index contributed by atoms with van der Waals surface area (Å²) in [5, 5.41) is 6.73. The molecule has 3 aliphatic carbocycles. The number of allylic oxidation sites excluding steroid dienone is 1. The molecule has 6 atom stereocenters. The van der Waals surface area contributed by atoms with Crippen molar-refractivity contribution in [2.45, 2.75) is 151 Å². The highest BCUT2D eigenvalue weighted by molar-refractivity contribution is 7.91. The number of carbonyl (C=O) groups excluding carboxylic acids is 4. The standard InChI is InChI=1S/C42H55N5O9S/c1-5-25(2)55-39(51)44-32-12-10-8-6-7-9-11-27-22-42(27,38(50)46-57(52,53)40(3)19-20-40)45-36(48)33-23-41(24-47(33)37(32)49)18-17-29-30-21-28(54-4)15-16-31(30)43-34(26-13-14-26)35(29)56-41/h9,11,15-16,21,25-27,32-33H,5-8,10,12-14,17-20,22-24H2,1-4H3,(H,44,51)(H,45,48)(H,46,50)/b11-9-/t25-,27+,32-,33-,41+,42+/m0/s1. The van der Waals surface area contributed by atoms with E-state index in [1.54, 1.807) is 21.0 Å². The molecular weight excluding hydrogens is 751 g/mol. The predicted molar refractivity (Wildman–Crippen MR) is 211 cm³/mol. The van der Waals surface area contributed by atoms with E-state index in [2.05, 4.69) is 15.4 Å². The summed E-state index contributed by atoms with van der Waals surface area (Å²) >= 11 is 0. The fourth-order valence-electron chi connectivity index (χ4n) is 8.74. The van der Waals surface area contributed by atoms with Gasteiger partial charge in [0, 0.05) is 29.2 Å². The molecule has 6 aliphatic rings. The molecule has 8 rings (SSSR count). The number of pyridine rings is 1. The second-order valence-corrected chi connectivity index (χ2v) is 19.7. The number of alkyl carbamates (subject to hydrolysis) is 1. The van der Waals surface area contributed by atoms with Gasteiger partial charge in [-0.05, 0) is 103 Å². The van der Waals surface area contributed by atoms with Crippen molar-refractivity contribution in [3.05, 3.63) is 41.6 Å². The lowest BCUT2D eigenvalue weighted by molar-refractivity contribution is -0.141. The monoisotopic (exact) mass is 805 g/mol. The summed E-state index contributed by atoms with van der Waals surface area (Å²) in [7, 11) is -2.36. The minimum Gasteiger partial charge on any atom is -0.497 e. The Kier molecular flexibility index (Phi) is 10.2. The van der Waals surface area contributed by atoms with Crippen LogP contribution in [0, 0.1) is 5.92 Å². The summed E-state index contributed by atoms with van der Waals surface area (Å²) in [6, 6.07) is 3.78. The minimum absolute atomic E-state index is 0.0669. The molecule has 57 heavy (non-hydrogen) atoms. The van der Waals surface area contributed by atoms with E-state index in [9.17, 15) is 27.6 Å². The number of sulfonamides is 1. The van der Waals surface area contributed by atoms with Crippen molar-refractivity contribution in [1.29, 1.82) is 0 Å². The van der Waals surface area contributed by atoms with Crippen LogP contribution in [0.1, 0.15) is 121 Å². The average molecular weight is 806 g/mol. The Morgan fingerprint density at radius 2 is 1.89 bits per heavy atom. The highest BCUT2D eigenvalue weighted by Gasteiger charge is 2.64. The number of hydrogen-bond donors (Lipinski definition) is 3. The van der Waals surface area contributed by atoms with Gasteiger partial charge in [-0.1, -0.05) is 31.9 Å². The molecule has 3 N–H and O–H groups in total. The number of rotatable bonds is 8. The Balaban J connectivity index is 1.15. The summed E-state index contributed by atoms with van der Waals surface area (Å²) < 4.78 is 46.0. The van der Waals surface area contributed by atoms with Crippen LogP contribution in [0.4, 0.5) is 4.79 Å². The number of nitrogens with one attached hydrogen (secondary N) is 3. The number of aryl methyl sites for hydroxylation is 1. The number of amides is 4. The molecule has 1 saturated heterocycles. The van der Waals surface area contributed by atoms with E-state index in [0.717, 1.165) is 47.8 Å². The molecule has 15 heteroatoms. The molecule has 1 spiro atoms. The summed E-state index contributed by atoms with van der Waals surface area (Å²) in [5.74, 6) is -0.566. The van der Waals surface area contributed by atoms with Crippen molar-refractivity contribution >= 4 is 44.7 Å². The number of fused-ring (bicyclic) bond motifs is 5. The second-order valence-electron chi connectivity index (χ2n) is 17.5. The maximum absolute atomic E-state index is 14.8. The van der Waals surface area contributed by atoms with E-state index in [0.29, 0.717) is 62.9 Å². The van der Waals surface area contributed by atoms with Gasteiger partial charge in [0.2, 0.25) is 21.8 Å². The van der Waals surface area contributed by atoms with Crippen LogP contribution in [0.5, 0.6) is 11.5 Å². The molecule has 2 aromatic rings. The average Bonchev–Trinajstić information content (AvgIpc) is 4.12.